The molecule has 1 aliphatic heterocycles. The number of rotatable bonds is 10. The van der Waals surface area contributed by atoms with E-state index in [0.717, 1.165) is 77.9 Å². The molecule has 0 radical (unpaired) electrons. The fourth-order valence-electron chi connectivity index (χ4n) is 2.47. The first kappa shape index (κ1) is 17.4. The zero-order chi connectivity index (χ0) is 14.6. The van der Waals surface area contributed by atoms with E-state index >= 15 is 0 Å². The van der Waals surface area contributed by atoms with Crippen LogP contribution >= 0.6 is 0 Å². The number of carbonyl (C=O) groups is 1. The van der Waals surface area contributed by atoms with Gasteiger partial charge in [0.15, 0.2) is 0 Å². The summed E-state index contributed by atoms with van der Waals surface area (Å²) in [6, 6.07) is 0. The average molecular weight is 284 g/mol. The molecule has 3 N–H and O–H groups in total. The van der Waals surface area contributed by atoms with Crippen molar-refractivity contribution in [3.63, 3.8) is 0 Å². The Hall–Kier alpha value is -0.650. The SMILES string of the molecule is CN1CCN(CCCNC(=O)CCCCCCN)CC1. The molecule has 1 saturated heterocycles. The largest absolute Gasteiger partial charge is 0.356 e. The van der Waals surface area contributed by atoms with E-state index in [9.17, 15) is 4.79 Å². The molecule has 0 atom stereocenters. The van der Waals surface area contributed by atoms with Gasteiger partial charge < -0.3 is 20.9 Å². The van der Waals surface area contributed by atoms with Crippen LogP contribution in [0.1, 0.15) is 38.5 Å². The first-order valence-electron chi connectivity index (χ1n) is 8.10. The highest BCUT2D eigenvalue weighted by Crippen LogP contribution is 2.02. The van der Waals surface area contributed by atoms with Crippen LogP contribution in [-0.4, -0.2) is 68.6 Å². The van der Waals surface area contributed by atoms with Gasteiger partial charge in [-0.2, -0.15) is 0 Å². The van der Waals surface area contributed by atoms with Crippen molar-refractivity contribution < 1.29 is 4.79 Å². The predicted molar refractivity (Wildman–Crippen MR) is 83.7 cm³/mol. The minimum Gasteiger partial charge on any atom is -0.356 e. The molecule has 0 unspecified atom stereocenters. The second-order valence-corrected chi connectivity index (χ2v) is 5.80. The maximum Gasteiger partial charge on any atom is 0.219 e. The maximum absolute atomic E-state index is 11.6. The molecule has 1 amide bonds. The fraction of sp³-hybridized carbons (Fsp3) is 0.933. The maximum atomic E-state index is 11.6. The number of hydrogen-bond acceptors (Lipinski definition) is 4. The third-order valence-corrected chi connectivity index (χ3v) is 3.93. The van der Waals surface area contributed by atoms with E-state index in [0.29, 0.717) is 6.42 Å². The Kier molecular flexibility index (Phi) is 9.62. The van der Waals surface area contributed by atoms with E-state index in [-0.39, 0.29) is 5.91 Å². The summed E-state index contributed by atoms with van der Waals surface area (Å²) in [6.07, 6.45) is 6.05. The number of nitrogens with one attached hydrogen (secondary N) is 1. The number of likely N-dealkylation sites (N-methyl/N-ethyl adjacent to an activating group) is 1. The van der Waals surface area contributed by atoms with Crippen LogP contribution in [0, 0.1) is 0 Å². The van der Waals surface area contributed by atoms with Gasteiger partial charge in [-0.05, 0) is 39.4 Å². The van der Waals surface area contributed by atoms with Gasteiger partial charge in [0.05, 0.1) is 0 Å². The Morgan fingerprint density at radius 2 is 1.75 bits per heavy atom. The standard InChI is InChI=1S/C15H32N4O/c1-18-11-13-19(14-12-18)10-6-9-17-15(20)7-4-2-3-5-8-16/h2-14,16H2,1H3,(H,17,20). The molecule has 5 nitrogen and oxygen atoms in total. The highest BCUT2D eigenvalue weighted by Gasteiger charge is 2.12. The summed E-state index contributed by atoms with van der Waals surface area (Å²) in [4.78, 5) is 16.5. The summed E-state index contributed by atoms with van der Waals surface area (Å²) in [7, 11) is 2.17. The van der Waals surface area contributed by atoms with E-state index in [4.69, 9.17) is 5.73 Å². The van der Waals surface area contributed by atoms with Crippen molar-refractivity contribution in [2.24, 2.45) is 5.73 Å². The Bertz CT molecular complexity index is 252. The van der Waals surface area contributed by atoms with Crippen LogP contribution < -0.4 is 11.1 Å². The molecule has 1 fully saturated rings. The van der Waals surface area contributed by atoms with Crippen molar-refractivity contribution in [1.82, 2.24) is 15.1 Å². The molecule has 0 saturated carbocycles. The minimum absolute atomic E-state index is 0.205. The molecular formula is C15H32N4O. The second kappa shape index (κ2) is 11.1. The number of carbonyl (C=O) groups excluding carboxylic acids is 1. The molecule has 0 aromatic carbocycles. The van der Waals surface area contributed by atoms with Crippen molar-refractivity contribution in [2.75, 3.05) is 52.9 Å². The quantitative estimate of drug-likeness (QED) is 0.578. The van der Waals surface area contributed by atoms with Crippen LogP contribution in [0.2, 0.25) is 0 Å². The predicted octanol–water partition coefficient (Wildman–Crippen LogP) is 0.649. The molecule has 1 heterocycles. The Labute approximate surface area is 123 Å². The molecule has 0 bridgehead atoms. The van der Waals surface area contributed by atoms with E-state index in [1.807, 2.05) is 0 Å². The van der Waals surface area contributed by atoms with Gasteiger partial charge in [0.25, 0.3) is 0 Å². The Balaban J connectivity index is 1.89. The van der Waals surface area contributed by atoms with Crippen LogP contribution in [-0.2, 0) is 4.79 Å². The molecule has 0 spiro atoms. The third-order valence-electron chi connectivity index (χ3n) is 3.93. The van der Waals surface area contributed by atoms with Crippen LogP contribution in [0.4, 0.5) is 0 Å². The summed E-state index contributed by atoms with van der Waals surface area (Å²) in [5.74, 6) is 0.205. The summed E-state index contributed by atoms with van der Waals surface area (Å²) in [5, 5.41) is 3.02. The van der Waals surface area contributed by atoms with Crippen molar-refractivity contribution in [3.8, 4) is 0 Å². The van der Waals surface area contributed by atoms with Crippen molar-refractivity contribution in [2.45, 2.75) is 38.5 Å². The van der Waals surface area contributed by atoms with Crippen LogP contribution in [0.25, 0.3) is 0 Å². The molecule has 5 heteroatoms. The lowest BCUT2D eigenvalue weighted by Crippen LogP contribution is -2.45. The molecule has 1 aliphatic rings. The summed E-state index contributed by atoms with van der Waals surface area (Å²) >= 11 is 0. The van der Waals surface area contributed by atoms with Crippen molar-refractivity contribution in [3.05, 3.63) is 0 Å². The topological polar surface area (TPSA) is 61.6 Å². The molecule has 20 heavy (non-hydrogen) atoms. The van der Waals surface area contributed by atoms with Gasteiger partial charge in [-0.1, -0.05) is 12.8 Å². The van der Waals surface area contributed by atoms with Crippen LogP contribution in [0.3, 0.4) is 0 Å². The second-order valence-electron chi connectivity index (χ2n) is 5.80. The molecule has 0 aromatic rings. The summed E-state index contributed by atoms with van der Waals surface area (Å²) in [5.41, 5.74) is 5.43. The smallest absolute Gasteiger partial charge is 0.219 e. The van der Waals surface area contributed by atoms with Gasteiger partial charge in [0.1, 0.15) is 0 Å². The lowest BCUT2D eigenvalue weighted by molar-refractivity contribution is -0.121. The number of unbranched alkanes of at least 4 members (excludes halogenated alkanes) is 3. The van der Waals surface area contributed by atoms with Gasteiger partial charge in [0, 0.05) is 39.1 Å². The third kappa shape index (κ3) is 8.51. The van der Waals surface area contributed by atoms with Gasteiger partial charge in [-0.15, -0.1) is 0 Å². The monoisotopic (exact) mass is 284 g/mol. The molecular weight excluding hydrogens is 252 g/mol. The first-order valence-corrected chi connectivity index (χ1v) is 8.10. The number of hydrogen-bond donors (Lipinski definition) is 2. The van der Waals surface area contributed by atoms with Gasteiger partial charge in [0.2, 0.25) is 5.91 Å². The molecule has 1 rings (SSSR count). The van der Waals surface area contributed by atoms with Gasteiger partial charge >= 0.3 is 0 Å². The van der Waals surface area contributed by atoms with E-state index < -0.39 is 0 Å². The van der Waals surface area contributed by atoms with Crippen LogP contribution in [0.5, 0.6) is 0 Å². The summed E-state index contributed by atoms with van der Waals surface area (Å²) in [6.45, 7) is 7.32. The fourth-order valence-corrected chi connectivity index (χ4v) is 2.47. The molecule has 0 aromatic heterocycles. The Morgan fingerprint density at radius 3 is 2.45 bits per heavy atom. The Morgan fingerprint density at radius 1 is 1.05 bits per heavy atom. The lowest BCUT2D eigenvalue weighted by atomic mass is 10.1. The van der Waals surface area contributed by atoms with E-state index in [2.05, 4.69) is 22.2 Å². The lowest BCUT2D eigenvalue weighted by Gasteiger charge is -2.32. The van der Waals surface area contributed by atoms with Crippen LogP contribution in [0.15, 0.2) is 0 Å². The zero-order valence-corrected chi connectivity index (χ0v) is 13.1. The van der Waals surface area contributed by atoms with Gasteiger partial charge in [-0.3, -0.25) is 4.79 Å². The highest BCUT2D eigenvalue weighted by molar-refractivity contribution is 5.75. The van der Waals surface area contributed by atoms with Crippen molar-refractivity contribution in [1.29, 1.82) is 0 Å². The van der Waals surface area contributed by atoms with E-state index in [1.54, 1.807) is 0 Å². The zero-order valence-electron chi connectivity index (χ0n) is 13.1. The van der Waals surface area contributed by atoms with E-state index in [1.165, 1.54) is 0 Å². The minimum atomic E-state index is 0.205. The van der Waals surface area contributed by atoms with Gasteiger partial charge in [-0.25, -0.2) is 0 Å². The average Bonchev–Trinajstić information content (AvgIpc) is 2.45. The molecule has 118 valence electrons. The van der Waals surface area contributed by atoms with Crippen molar-refractivity contribution >= 4 is 5.91 Å². The molecule has 0 aliphatic carbocycles. The highest BCUT2D eigenvalue weighted by atomic mass is 16.1. The number of nitrogens with two attached hydrogens (primary N) is 1. The summed E-state index contributed by atoms with van der Waals surface area (Å²) < 4.78 is 0. The number of amides is 1. The normalized spacial score (nSPS) is 17.3. The number of nitrogens with zero attached hydrogens (tertiary/aromatic N) is 2. The number of piperazine rings is 1. The first-order chi connectivity index (χ1) is 9.72.